The van der Waals surface area contributed by atoms with Gasteiger partial charge in [-0.05, 0) is 12.8 Å². The van der Waals surface area contributed by atoms with E-state index in [1.165, 1.54) is 0 Å². The standard InChI is InChI=1S/C16H22O14/c17-9(18)5-15(29,13(25)26)7(11(21)22)3-1-2-4-8(12(23)24)16(30,14(27)28)6-10(19)20/h7-8,29-30H,1-6H2,(H,17,18)(H,19,20)(H,21,22)(H,23,24)(H,25,26)(H,27,28). The van der Waals surface area contributed by atoms with Crippen LogP contribution in [-0.2, 0) is 28.8 Å². The second-order valence-electron chi connectivity index (χ2n) is 6.67. The fourth-order valence-electron chi connectivity index (χ4n) is 2.99. The number of aliphatic carboxylic acids is 6. The van der Waals surface area contributed by atoms with Crippen molar-refractivity contribution in [3.63, 3.8) is 0 Å². The van der Waals surface area contributed by atoms with Gasteiger partial charge in [0, 0.05) is 0 Å². The second kappa shape index (κ2) is 10.5. The third-order valence-electron chi connectivity index (χ3n) is 4.57. The Morgan fingerprint density at radius 1 is 0.567 bits per heavy atom. The van der Waals surface area contributed by atoms with E-state index in [2.05, 4.69) is 0 Å². The third kappa shape index (κ3) is 6.66. The van der Waals surface area contributed by atoms with Gasteiger partial charge in [0.2, 0.25) is 0 Å². The number of carbonyl (C=O) groups is 6. The normalized spacial score (nSPS) is 17.0. The molecule has 0 saturated carbocycles. The maximum Gasteiger partial charge on any atom is 0.337 e. The monoisotopic (exact) mass is 438 g/mol. The average molecular weight is 438 g/mol. The van der Waals surface area contributed by atoms with E-state index in [4.69, 9.17) is 20.4 Å². The Labute approximate surface area is 168 Å². The van der Waals surface area contributed by atoms with Crippen LogP contribution in [0.3, 0.4) is 0 Å². The van der Waals surface area contributed by atoms with Gasteiger partial charge in [-0.25, -0.2) is 9.59 Å². The van der Waals surface area contributed by atoms with Crippen LogP contribution in [-0.4, -0.2) is 87.9 Å². The highest BCUT2D eigenvalue weighted by Gasteiger charge is 2.51. The molecule has 0 radical (unpaired) electrons. The Hall–Kier alpha value is -3.26. The summed E-state index contributed by atoms with van der Waals surface area (Å²) in [5.41, 5.74) is -6.32. The molecule has 0 spiro atoms. The van der Waals surface area contributed by atoms with Crippen molar-refractivity contribution < 1.29 is 69.6 Å². The molecule has 0 aromatic rings. The van der Waals surface area contributed by atoms with Crippen LogP contribution < -0.4 is 0 Å². The minimum Gasteiger partial charge on any atom is -0.481 e. The summed E-state index contributed by atoms with van der Waals surface area (Å²) in [5.74, 6) is -15.6. The minimum absolute atomic E-state index is 0.307. The summed E-state index contributed by atoms with van der Waals surface area (Å²) in [6.07, 6.45) is -4.70. The molecule has 0 aromatic heterocycles. The van der Waals surface area contributed by atoms with Crippen LogP contribution in [0.5, 0.6) is 0 Å². The summed E-state index contributed by atoms with van der Waals surface area (Å²) >= 11 is 0. The van der Waals surface area contributed by atoms with Gasteiger partial charge in [-0.15, -0.1) is 0 Å². The zero-order valence-electron chi connectivity index (χ0n) is 15.4. The predicted molar refractivity (Wildman–Crippen MR) is 90.4 cm³/mol. The molecular formula is C16H22O14. The van der Waals surface area contributed by atoms with E-state index in [1.807, 2.05) is 0 Å². The van der Waals surface area contributed by atoms with Crippen LogP contribution in [0.15, 0.2) is 0 Å². The lowest BCUT2D eigenvalue weighted by molar-refractivity contribution is -0.180. The van der Waals surface area contributed by atoms with Crippen molar-refractivity contribution in [2.24, 2.45) is 11.8 Å². The van der Waals surface area contributed by atoms with E-state index in [-0.39, 0.29) is 12.8 Å². The lowest BCUT2D eigenvalue weighted by Gasteiger charge is -2.29. The summed E-state index contributed by atoms with van der Waals surface area (Å²) in [4.78, 5) is 66.7. The second-order valence-corrected chi connectivity index (χ2v) is 6.67. The highest BCUT2D eigenvalue weighted by Crippen LogP contribution is 2.31. The summed E-state index contributed by atoms with van der Waals surface area (Å²) in [7, 11) is 0. The van der Waals surface area contributed by atoms with Crippen molar-refractivity contribution in [3.8, 4) is 0 Å². The van der Waals surface area contributed by atoms with Gasteiger partial charge in [0.05, 0.1) is 24.7 Å². The molecule has 0 rings (SSSR count). The van der Waals surface area contributed by atoms with Crippen molar-refractivity contribution in [1.82, 2.24) is 0 Å². The number of unbranched alkanes of at least 4 members (excludes halogenated alkanes) is 1. The molecule has 0 aliphatic rings. The summed E-state index contributed by atoms with van der Waals surface area (Å²) < 4.78 is 0. The first kappa shape index (κ1) is 26.7. The lowest BCUT2D eigenvalue weighted by atomic mass is 9.78. The van der Waals surface area contributed by atoms with Crippen LogP contribution in [0.4, 0.5) is 0 Å². The number of carboxylic acids is 6. The smallest absolute Gasteiger partial charge is 0.337 e. The minimum atomic E-state index is -3.16. The molecule has 0 saturated heterocycles. The summed E-state index contributed by atoms with van der Waals surface area (Å²) in [6, 6.07) is 0. The topological polar surface area (TPSA) is 264 Å². The number of rotatable bonds is 15. The van der Waals surface area contributed by atoms with Crippen molar-refractivity contribution in [1.29, 1.82) is 0 Å². The van der Waals surface area contributed by atoms with Gasteiger partial charge in [-0.3, -0.25) is 19.2 Å². The Morgan fingerprint density at radius 3 is 1.00 bits per heavy atom. The highest BCUT2D eigenvalue weighted by atomic mass is 16.4. The first-order valence-corrected chi connectivity index (χ1v) is 8.40. The first-order valence-electron chi connectivity index (χ1n) is 8.40. The molecule has 0 aromatic carbocycles. The molecule has 0 aliphatic heterocycles. The lowest BCUT2D eigenvalue weighted by Crippen LogP contribution is -2.51. The molecular weight excluding hydrogens is 416 g/mol. The van der Waals surface area contributed by atoms with Crippen LogP contribution >= 0.6 is 0 Å². The molecule has 14 heteroatoms. The Bertz CT molecular complexity index is 655. The molecule has 4 atom stereocenters. The van der Waals surface area contributed by atoms with Gasteiger partial charge in [0.1, 0.15) is 0 Å². The molecule has 0 amide bonds. The number of aliphatic hydroxyl groups is 2. The fraction of sp³-hybridized carbons (Fsp3) is 0.625. The molecule has 170 valence electrons. The van der Waals surface area contributed by atoms with Crippen molar-refractivity contribution >= 4 is 35.8 Å². The zero-order valence-corrected chi connectivity index (χ0v) is 15.4. The van der Waals surface area contributed by atoms with Crippen molar-refractivity contribution in [2.75, 3.05) is 0 Å². The third-order valence-corrected chi connectivity index (χ3v) is 4.57. The Kier molecular flexibility index (Phi) is 9.36. The van der Waals surface area contributed by atoms with Crippen molar-refractivity contribution in [3.05, 3.63) is 0 Å². The van der Waals surface area contributed by atoms with Crippen molar-refractivity contribution in [2.45, 2.75) is 49.7 Å². The van der Waals surface area contributed by atoms with Crippen LogP contribution in [0.25, 0.3) is 0 Å². The highest BCUT2D eigenvalue weighted by molar-refractivity contribution is 5.90. The molecule has 14 nitrogen and oxygen atoms in total. The molecule has 0 aliphatic carbocycles. The Morgan fingerprint density at radius 2 is 0.833 bits per heavy atom. The quantitative estimate of drug-likeness (QED) is 0.136. The number of hydrogen-bond donors (Lipinski definition) is 8. The van der Waals surface area contributed by atoms with Gasteiger partial charge in [0.15, 0.2) is 11.2 Å². The maximum atomic E-state index is 11.3. The number of carboxylic acid groups (broad SMARTS) is 6. The van der Waals surface area contributed by atoms with Gasteiger partial charge in [-0.2, -0.15) is 0 Å². The molecule has 0 bridgehead atoms. The molecule has 30 heavy (non-hydrogen) atoms. The van der Waals surface area contributed by atoms with Crippen LogP contribution in [0, 0.1) is 11.8 Å². The first-order chi connectivity index (χ1) is 13.6. The van der Waals surface area contributed by atoms with Crippen LogP contribution in [0.1, 0.15) is 38.5 Å². The Balaban J connectivity index is 5.40. The largest absolute Gasteiger partial charge is 0.481 e. The van der Waals surface area contributed by atoms with E-state index in [1.54, 1.807) is 0 Å². The van der Waals surface area contributed by atoms with Gasteiger partial charge in [-0.1, -0.05) is 12.8 Å². The zero-order chi connectivity index (χ0) is 23.9. The molecule has 4 unspecified atom stereocenters. The van der Waals surface area contributed by atoms with Crippen LogP contribution in [0.2, 0.25) is 0 Å². The molecule has 8 N–H and O–H groups in total. The summed E-state index contributed by atoms with van der Waals surface area (Å²) in [6.45, 7) is 0. The van der Waals surface area contributed by atoms with E-state index >= 15 is 0 Å². The number of hydrogen-bond acceptors (Lipinski definition) is 8. The fourth-order valence-corrected chi connectivity index (χ4v) is 2.99. The van der Waals surface area contributed by atoms with E-state index in [0.717, 1.165) is 0 Å². The average Bonchev–Trinajstić information content (AvgIpc) is 2.55. The SMILES string of the molecule is O=C(O)CC(O)(C(=O)O)C(CCCCC(C(=O)O)C(O)(CC(=O)O)C(=O)O)C(=O)O. The van der Waals surface area contributed by atoms with E-state index in [0.29, 0.717) is 0 Å². The maximum absolute atomic E-state index is 11.3. The van der Waals surface area contributed by atoms with Gasteiger partial charge < -0.3 is 40.9 Å². The van der Waals surface area contributed by atoms with Gasteiger partial charge >= 0.3 is 35.8 Å². The van der Waals surface area contributed by atoms with E-state index < -0.39 is 84.5 Å². The predicted octanol–water partition coefficient (Wildman–Crippen LogP) is -1.47. The summed E-state index contributed by atoms with van der Waals surface area (Å²) in [5, 5.41) is 74.0. The molecule has 0 heterocycles. The van der Waals surface area contributed by atoms with E-state index in [9.17, 15) is 49.2 Å². The molecule has 0 fully saturated rings. The van der Waals surface area contributed by atoms with Gasteiger partial charge in [0.25, 0.3) is 0 Å².